The van der Waals surface area contributed by atoms with Crippen LogP contribution in [0.15, 0.2) is 47.4 Å². The predicted octanol–water partition coefficient (Wildman–Crippen LogP) is 5.04. The predicted molar refractivity (Wildman–Crippen MR) is 111 cm³/mol. The molecule has 3 amide bonds. The maximum absolute atomic E-state index is 12.7. The molecule has 1 aliphatic heterocycles. The minimum Gasteiger partial charge on any atom is -0.495 e. The van der Waals surface area contributed by atoms with E-state index in [4.69, 9.17) is 16.3 Å². The summed E-state index contributed by atoms with van der Waals surface area (Å²) in [5.74, 6) is -0.920. The van der Waals surface area contributed by atoms with E-state index in [-0.39, 0.29) is 9.93 Å². The second-order valence-electron chi connectivity index (χ2n) is 6.29. The van der Waals surface area contributed by atoms with E-state index in [0.717, 1.165) is 17.0 Å². The normalized spacial score (nSPS) is 15.5. The molecule has 31 heavy (non-hydrogen) atoms. The molecule has 2 aromatic carbocycles. The van der Waals surface area contributed by atoms with E-state index in [1.54, 1.807) is 12.1 Å². The number of hydrogen-bond donors (Lipinski definition) is 1. The number of amides is 3. The number of ether oxygens (including phenoxy) is 1. The van der Waals surface area contributed by atoms with Gasteiger partial charge in [-0.15, -0.1) is 0 Å². The quantitative estimate of drug-likeness (QED) is 0.619. The molecular weight excluding hydrogens is 457 g/mol. The minimum absolute atomic E-state index is 0.00468. The molecule has 1 saturated heterocycles. The summed E-state index contributed by atoms with van der Waals surface area (Å²) in [6, 6.07) is 8.68. The van der Waals surface area contributed by atoms with Gasteiger partial charge < -0.3 is 10.1 Å². The van der Waals surface area contributed by atoms with E-state index >= 15 is 0 Å². The number of alkyl halides is 3. The van der Waals surface area contributed by atoms with Crippen LogP contribution in [-0.4, -0.2) is 35.6 Å². The summed E-state index contributed by atoms with van der Waals surface area (Å²) >= 11 is 6.59. The van der Waals surface area contributed by atoms with E-state index in [0.29, 0.717) is 28.8 Å². The number of rotatable bonds is 5. The van der Waals surface area contributed by atoms with Crippen LogP contribution in [0, 0.1) is 0 Å². The Balaban J connectivity index is 1.67. The third-order valence-corrected chi connectivity index (χ3v) is 5.35. The molecule has 3 rings (SSSR count). The van der Waals surface area contributed by atoms with Crippen molar-refractivity contribution in [3.63, 3.8) is 0 Å². The Bertz CT molecular complexity index is 1070. The lowest BCUT2D eigenvalue weighted by Gasteiger charge is -2.13. The van der Waals surface area contributed by atoms with Crippen molar-refractivity contribution in [3.8, 4) is 5.75 Å². The molecule has 1 fully saturated rings. The molecule has 1 N–H and O–H groups in total. The monoisotopic (exact) mass is 470 g/mol. The van der Waals surface area contributed by atoms with Gasteiger partial charge in [-0.05, 0) is 53.7 Å². The number of nitrogens with zero attached hydrogens (tertiary/aromatic N) is 1. The Morgan fingerprint density at radius 3 is 2.45 bits per heavy atom. The number of benzene rings is 2. The summed E-state index contributed by atoms with van der Waals surface area (Å²) in [6.45, 7) is -0.529. The smallest absolute Gasteiger partial charge is 0.416 e. The molecule has 1 aliphatic rings. The summed E-state index contributed by atoms with van der Waals surface area (Å²) in [6.07, 6.45) is -3.18. The first kappa shape index (κ1) is 22.7. The highest BCUT2D eigenvalue weighted by Crippen LogP contribution is 2.34. The third kappa shape index (κ3) is 5.39. The van der Waals surface area contributed by atoms with Gasteiger partial charge in [0.05, 0.1) is 22.6 Å². The Morgan fingerprint density at radius 1 is 1.19 bits per heavy atom. The summed E-state index contributed by atoms with van der Waals surface area (Å²) < 4.78 is 43.0. The van der Waals surface area contributed by atoms with Crippen LogP contribution >= 0.6 is 23.4 Å². The fraction of sp³-hybridized carbons (Fsp3) is 0.150. The standard InChI is InChI=1S/C20H14ClF3N2O4S/c1-30-15-7-6-13(9-14(15)21)25-17(27)10-26-18(28)16(31-19(26)29)8-11-2-4-12(5-3-11)20(22,23)24/h2-9H,10H2,1H3,(H,25,27). The number of carbonyl (C=O) groups is 3. The maximum atomic E-state index is 12.7. The summed E-state index contributed by atoms with van der Waals surface area (Å²) in [5, 5.41) is 2.13. The highest BCUT2D eigenvalue weighted by atomic mass is 35.5. The zero-order valence-electron chi connectivity index (χ0n) is 15.8. The largest absolute Gasteiger partial charge is 0.495 e. The highest BCUT2D eigenvalue weighted by Gasteiger charge is 2.36. The van der Waals surface area contributed by atoms with E-state index in [1.807, 2.05) is 0 Å². The van der Waals surface area contributed by atoms with Crippen LogP contribution < -0.4 is 10.1 Å². The van der Waals surface area contributed by atoms with E-state index < -0.39 is 35.3 Å². The van der Waals surface area contributed by atoms with Crippen molar-refractivity contribution in [2.24, 2.45) is 0 Å². The van der Waals surface area contributed by atoms with Crippen molar-refractivity contribution in [2.75, 3.05) is 19.0 Å². The van der Waals surface area contributed by atoms with Gasteiger partial charge in [-0.3, -0.25) is 19.3 Å². The van der Waals surface area contributed by atoms with Gasteiger partial charge in [-0.25, -0.2) is 0 Å². The minimum atomic E-state index is -4.47. The topological polar surface area (TPSA) is 75.7 Å². The van der Waals surface area contributed by atoms with Gasteiger partial charge in [0.25, 0.3) is 11.1 Å². The fourth-order valence-corrected chi connectivity index (χ4v) is 3.74. The van der Waals surface area contributed by atoms with Gasteiger partial charge in [0, 0.05) is 5.69 Å². The first-order valence-electron chi connectivity index (χ1n) is 8.64. The zero-order valence-corrected chi connectivity index (χ0v) is 17.4. The van der Waals surface area contributed by atoms with Crippen molar-refractivity contribution >= 4 is 52.2 Å². The molecule has 0 radical (unpaired) electrons. The van der Waals surface area contributed by atoms with E-state index in [2.05, 4.69) is 5.32 Å². The molecule has 11 heteroatoms. The van der Waals surface area contributed by atoms with E-state index in [9.17, 15) is 27.6 Å². The Labute approximate surface area is 184 Å². The number of hydrogen-bond acceptors (Lipinski definition) is 5. The number of thioether (sulfide) groups is 1. The van der Waals surface area contributed by atoms with Crippen LogP contribution in [0.1, 0.15) is 11.1 Å². The second-order valence-corrected chi connectivity index (χ2v) is 7.69. The van der Waals surface area contributed by atoms with Gasteiger partial charge >= 0.3 is 6.18 Å². The number of methoxy groups -OCH3 is 1. The molecule has 6 nitrogen and oxygen atoms in total. The third-order valence-electron chi connectivity index (χ3n) is 4.15. The van der Waals surface area contributed by atoms with Gasteiger partial charge in [0.2, 0.25) is 5.91 Å². The molecule has 2 aromatic rings. The molecule has 0 atom stereocenters. The molecule has 0 aromatic heterocycles. The summed E-state index contributed by atoms with van der Waals surface area (Å²) in [4.78, 5) is 37.7. The Kier molecular flexibility index (Phi) is 6.61. The average molecular weight is 471 g/mol. The summed E-state index contributed by atoms with van der Waals surface area (Å²) in [5.41, 5.74) is -0.160. The van der Waals surface area contributed by atoms with Gasteiger partial charge in [0.1, 0.15) is 12.3 Å². The molecule has 162 valence electrons. The molecule has 0 unspecified atom stereocenters. The highest BCUT2D eigenvalue weighted by molar-refractivity contribution is 8.18. The number of carbonyl (C=O) groups excluding carboxylic acids is 3. The van der Waals surface area contributed by atoms with Gasteiger partial charge in [-0.2, -0.15) is 13.2 Å². The van der Waals surface area contributed by atoms with Crippen molar-refractivity contribution in [1.82, 2.24) is 4.90 Å². The zero-order chi connectivity index (χ0) is 22.8. The Hall–Kier alpha value is -2.98. The molecule has 1 heterocycles. The van der Waals surface area contributed by atoms with Gasteiger partial charge in [-0.1, -0.05) is 23.7 Å². The van der Waals surface area contributed by atoms with Crippen molar-refractivity contribution < 1.29 is 32.3 Å². The first-order valence-corrected chi connectivity index (χ1v) is 9.84. The van der Waals surface area contributed by atoms with Crippen LogP contribution in [0.25, 0.3) is 6.08 Å². The average Bonchev–Trinajstić information content (AvgIpc) is 2.95. The molecule has 0 aliphatic carbocycles. The summed E-state index contributed by atoms with van der Waals surface area (Å²) in [7, 11) is 1.44. The van der Waals surface area contributed by atoms with Crippen LogP contribution in [0.3, 0.4) is 0 Å². The number of halogens is 4. The lowest BCUT2D eigenvalue weighted by Crippen LogP contribution is -2.36. The van der Waals surface area contributed by atoms with Crippen molar-refractivity contribution in [2.45, 2.75) is 6.18 Å². The molecule has 0 bridgehead atoms. The molecule has 0 saturated carbocycles. The second kappa shape index (κ2) is 9.03. The van der Waals surface area contributed by atoms with Crippen LogP contribution in [0.4, 0.5) is 23.7 Å². The SMILES string of the molecule is COc1ccc(NC(=O)CN2C(=O)SC(=Cc3ccc(C(F)(F)F)cc3)C2=O)cc1Cl. The van der Waals surface area contributed by atoms with Crippen LogP contribution in [0.5, 0.6) is 5.75 Å². The molecular formula is C20H14ClF3N2O4S. The molecule has 0 spiro atoms. The van der Waals surface area contributed by atoms with Gasteiger partial charge in [0.15, 0.2) is 0 Å². The Morgan fingerprint density at radius 2 is 1.87 bits per heavy atom. The van der Waals surface area contributed by atoms with Crippen LogP contribution in [0.2, 0.25) is 5.02 Å². The maximum Gasteiger partial charge on any atom is 0.416 e. The number of anilines is 1. The lowest BCUT2D eigenvalue weighted by atomic mass is 10.1. The van der Waals surface area contributed by atoms with Crippen molar-refractivity contribution in [1.29, 1.82) is 0 Å². The first-order chi connectivity index (χ1) is 14.6. The number of nitrogens with one attached hydrogen (secondary N) is 1. The van der Waals surface area contributed by atoms with E-state index in [1.165, 1.54) is 31.4 Å². The fourth-order valence-electron chi connectivity index (χ4n) is 2.64. The lowest BCUT2D eigenvalue weighted by molar-refractivity contribution is -0.137. The van der Waals surface area contributed by atoms with Crippen LogP contribution in [-0.2, 0) is 15.8 Å². The number of imide groups is 1. The van der Waals surface area contributed by atoms with Crippen molar-refractivity contribution in [3.05, 3.63) is 63.5 Å².